The zero-order valence-corrected chi connectivity index (χ0v) is 13.4. The van der Waals surface area contributed by atoms with Crippen molar-refractivity contribution >= 4 is 27.8 Å². The predicted octanol–water partition coefficient (Wildman–Crippen LogP) is 1.49. The van der Waals surface area contributed by atoms with E-state index >= 15 is 0 Å². The molecule has 1 aromatic carbocycles. The number of carboxylic acid groups (broad SMARTS) is 1. The van der Waals surface area contributed by atoms with Crippen LogP contribution >= 0.6 is 15.9 Å². The number of amides is 1. The highest BCUT2D eigenvalue weighted by Crippen LogP contribution is 2.17. The van der Waals surface area contributed by atoms with Gasteiger partial charge < -0.3 is 10.4 Å². The summed E-state index contributed by atoms with van der Waals surface area (Å²) in [6.45, 7) is 1.84. The number of nitrogens with one attached hydrogen (secondary N) is 1. The summed E-state index contributed by atoms with van der Waals surface area (Å²) in [6, 6.07) is 7.75. The molecule has 116 valence electrons. The summed E-state index contributed by atoms with van der Waals surface area (Å²) in [5, 5.41) is 18.6. The van der Waals surface area contributed by atoms with E-state index in [0.717, 1.165) is 10.0 Å². The summed E-state index contributed by atoms with van der Waals surface area (Å²) < 4.78 is 2.20. The lowest BCUT2D eigenvalue weighted by Gasteiger charge is -2.14. The van der Waals surface area contributed by atoms with Gasteiger partial charge in [0.2, 0.25) is 5.91 Å². The fourth-order valence-corrected chi connectivity index (χ4v) is 2.43. The molecule has 0 radical (unpaired) electrons. The summed E-state index contributed by atoms with van der Waals surface area (Å²) in [6.07, 6.45) is 1.91. The molecule has 0 bridgehead atoms. The van der Waals surface area contributed by atoms with Crippen LogP contribution in [0.4, 0.5) is 0 Å². The normalized spacial score (nSPS) is 11.9. The number of carbonyl (C=O) groups excluding carboxylic acids is 1. The van der Waals surface area contributed by atoms with Crippen molar-refractivity contribution in [1.82, 2.24) is 20.3 Å². The van der Waals surface area contributed by atoms with Gasteiger partial charge in [0, 0.05) is 10.5 Å². The van der Waals surface area contributed by atoms with Crippen LogP contribution in [0.3, 0.4) is 0 Å². The van der Waals surface area contributed by atoms with Gasteiger partial charge in [-0.05, 0) is 25.0 Å². The van der Waals surface area contributed by atoms with Crippen LogP contribution in [-0.4, -0.2) is 38.0 Å². The van der Waals surface area contributed by atoms with E-state index in [4.69, 9.17) is 5.11 Å². The Kier molecular flexibility index (Phi) is 5.26. The van der Waals surface area contributed by atoms with Crippen LogP contribution in [0.5, 0.6) is 0 Å². The minimum Gasteiger partial charge on any atom is -0.476 e. The van der Waals surface area contributed by atoms with Crippen molar-refractivity contribution < 1.29 is 14.7 Å². The van der Waals surface area contributed by atoms with Crippen molar-refractivity contribution in [2.24, 2.45) is 0 Å². The van der Waals surface area contributed by atoms with Crippen molar-refractivity contribution in [3.05, 3.63) is 46.2 Å². The standard InChI is InChI=1S/C14H15BrN4O3/c1-9(6-10-4-2-3-5-11(10)15)16-13(20)8-19-7-12(14(21)22)17-18-19/h2-5,7,9H,6,8H2,1H3,(H,16,20)(H,21,22). The second kappa shape index (κ2) is 7.17. The van der Waals surface area contributed by atoms with Crippen molar-refractivity contribution in [3.8, 4) is 0 Å². The maximum Gasteiger partial charge on any atom is 0.358 e. The second-order valence-electron chi connectivity index (χ2n) is 4.87. The molecule has 0 aliphatic carbocycles. The predicted molar refractivity (Wildman–Crippen MR) is 82.4 cm³/mol. The summed E-state index contributed by atoms with van der Waals surface area (Å²) >= 11 is 3.47. The van der Waals surface area contributed by atoms with Crippen LogP contribution in [0.2, 0.25) is 0 Å². The maximum atomic E-state index is 11.9. The maximum absolute atomic E-state index is 11.9. The number of aromatic carboxylic acids is 1. The van der Waals surface area contributed by atoms with E-state index in [2.05, 4.69) is 31.6 Å². The third kappa shape index (κ3) is 4.39. The lowest BCUT2D eigenvalue weighted by Crippen LogP contribution is -2.36. The first-order chi connectivity index (χ1) is 10.5. The first kappa shape index (κ1) is 16.2. The zero-order chi connectivity index (χ0) is 16.1. The number of rotatable bonds is 6. The summed E-state index contributed by atoms with van der Waals surface area (Å²) in [5.41, 5.74) is 0.915. The Morgan fingerprint density at radius 2 is 2.14 bits per heavy atom. The van der Waals surface area contributed by atoms with E-state index in [1.807, 2.05) is 31.2 Å². The summed E-state index contributed by atoms with van der Waals surface area (Å²) in [4.78, 5) is 22.6. The molecule has 8 heteroatoms. The van der Waals surface area contributed by atoms with Gasteiger partial charge in [-0.15, -0.1) is 5.10 Å². The third-order valence-corrected chi connectivity index (χ3v) is 3.73. The Hall–Kier alpha value is -2.22. The molecule has 0 aliphatic heterocycles. The molecule has 1 atom stereocenters. The molecule has 0 aliphatic rings. The van der Waals surface area contributed by atoms with E-state index in [1.54, 1.807) is 0 Å². The SMILES string of the molecule is CC(Cc1ccccc1Br)NC(=O)Cn1cc(C(=O)O)nn1. The van der Waals surface area contributed by atoms with Crippen LogP contribution in [0, 0.1) is 0 Å². The average Bonchev–Trinajstić information content (AvgIpc) is 2.89. The van der Waals surface area contributed by atoms with Gasteiger partial charge in [-0.2, -0.15) is 0 Å². The number of hydrogen-bond donors (Lipinski definition) is 2. The lowest BCUT2D eigenvalue weighted by atomic mass is 10.1. The first-order valence-corrected chi connectivity index (χ1v) is 7.41. The van der Waals surface area contributed by atoms with E-state index in [9.17, 15) is 9.59 Å². The molecule has 1 aromatic heterocycles. The minimum atomic E-state index is -1.17. The van der Waals surface area contributed by atoms with Crippen LogP contribution in [0.25, 0.3) is 0 Å². The minimum absolute atomic E-state index is 0.0614. The molecule has 2 aromatic rings. The average molecular weight is 367 g/mol. The monoisotopic (exact) mass is 366 g/mol. The molecular weight excluding hydrogens is 352 g/mol. The third-order valence-electron chi connectivity index (χ3n) is 2.95. The Morgan fingerprint density at radius 3 is 2.77 bits per heavy atom. The highest BCUT2D eigenvalue weighted by molar-refractivity contribution is 9.10. The van der Waals surface area contributed by atoms with Crippen LogP contribution in [-0.2, 0) is 17.8 Å². The molecule has 0 spiro atoms. The van der Waals surface area contributed by atoms with E-state index in [-0.39, 0.29) is 24.2 Å². The van der Waals surface area contributed by atoms with Gasteiger partial charge in [0.05, 0.1) is 6.20 Å². The molecule has 22 heavy (non-hydrogen) atoms. The largest absolute Gasteiger partial charge is 0.476 e. The molecule has 2 rings (SSSR count). The van der Waals surface area contributed by atoms with Crippen LogP contribution in [0.15, 0.2) is 34.9 Å². The molecule has 0 saturated heterocycles. The molecule has 7 nitrogen and oxygen atoms in total. The van der Waals surface area contributed by atoms with Gasteiger partial charge in [0.15, 0.2) is 5.69 Å². The van der Waals surface area contributed by atoms with Crippen LogP contribution < -0.4 is 5.32 Å². The number of carboxylic acids is 1. The molecular formula is C14H15BrN4O3. The van der Waals surface area contributed by atoms with Gasteiger partial charge in [-0.1, -0.05) is 39.3 Å². The van der Waals surface area contributed by atoms with Gasteiger partial charge in [-0.25, -0.2) is 9.48 Å². The van der Waals surface area contributed by atoms with E-state index in [0.29, 0.717) is 6.42 Å². The number of hydrogen-bond acceptors (Lipinski definition) is 4. The van der Waals surface area contributed by atoms with Crippen molar-refractivity contribution in [3.63, 3.8) is 0 Å². The van der Waals surface area contributed by atoms with Gasteiger partial charge in [0.1, 0.15) is 6.54 Å². The van der Waals surface area contributed by atoms with Crippen molar-refractivity contribution in [1.29, 1.82) is 0 Å². The molecule has 0 saturated carbocycles. The molecule has 0 fully saturated rings. The van der Waals surface area contributed by atoms with E-state index < -0.39 is 5.97 Å². The van der Waals surface area contributed by atoms with Gasteiger partial charge in [-0.3, -0.25) is 4.79 Å². The fraction of sp³-hybridized carbons (Fsp3) is 0.286. The highest BCUT2D eigenvalue weighted by atomic mass is 79.9. The van der Waals surface area contributed by atoms with Gasteiger partial charge in [0.25, 0.3) is 0 Å². The number of nitrogens with zero attached hydrogens (tertiary/aromatic N) is 3. The first-order valence-electron chi connectivity index (χ1n) is 6.62. The van der Waals surface area contributed by atoms with E-state index in [1.165, 1.54) is 10.9 Å². The zero-order valence-electron chi connectivity index (χ0n) is 11.9. The smallest absolute Gasteiger partial charge is 0.358 e. The molecule has 2 N–H and O–H groups in total. The van der Waals surface area contributed by atoms with Crippen LogP contribution in [0.1, 0.15) is 23.0 Å². The topological polar surface area (TPSA) is 97.1 Å². The lowest BCUT2D eigenvalue weighted by molar-refractivity contribution is -0.122. The Bertz CT molecular complexity index is 686. The number of carbonyl (C=O) groups is 2. The number of benzene rings is 1. The Morgan fingerprint density at radius 1 is 1.41 bits per heavy atom. The molecule has 1 heterocycles. The quantitative estimate of drug-likeness (QED) is 0.806. The Labute approximate surface area is 135 Å². The van der Waals surface area contributed by atoms with Gasteiger partial charge >= 0.3 is 5.97 Å². The highest BCUT2D eigenvalue weighted by Gasteiger charge is 2.13. The second-order valence-corrected chi connectivity index (χ2v) is 5.72. The summed E-state index contributed by atoms with van der Waals surface area (Å²) in [5.74, 6) is -1.42. The van der Waals surface area contributed by atoms with Crippen molar-refractivity contribution in [2.75, 3.05) is 0 Å². The number of halogens is 1. The summed E-state index contributed by atoms with van der Waals surface area (Å²) in [7, 11) is 0. The molecule has 1 amide bonds. The fourth-order valence-electron chi connectivity index (χ4n) is 1.99. The van der Waals surface area contributed by atoms with Crippen molar-refractivity contribution in [2.45, 2.75) is 25.9 Å². The number of aromatic nitrogens is 3. The Balaban J connectivity index is 1.88. The molecule has 1 unspecified atom stereocenters.